The average molecular weight is 525 g/mol. The molecule has 1 aliphatic heterocycles. The zero-order valence-corrected chi connectivity index (χ0v) is 21.2. The fraction of sp³-hybridized carbons (Fsp3) is 0.308. The molecule has 2 amide bonds. The van der Waals surface area contributed by atoms with Crippen molar-refractivity contribution in [1.82, 2.24) is 29.5 Å². The van der Waals surface area contributed by atoms with Crippen LogP contribution in [0.2, 0.25) is 0 Å². The SMILES string of the molecule is Cc1c(F)c(F)nc(NC(=O)Nc2ccc(-c3cc(CN4CCN(C)CC4)nc4c3cnn4C)cc2)c1F. The van der Waals surface area contributed by atoms with E-state index in [1.165, 1.54) is 0 Å². The Balaban J connectivity index is 1.35. The van der Waals surface area contributed by atoms with E-state index in [9.17, 15) is 18.0 Å². The van der Waals surface area contributed by atoms with Crippen molar-refractivity contribution in [3.05, 3.63) is 65.4 Å². The molecule has 9 nitrogen and oxygen atoms in total. The topological polar surface area (TPSA) is 91.2 Å². The highest BCUT2D eigenvalue weighted by Gasteiger charge is 2.20. The lowest BCUT2D eigenvalue weighted by atomic mass is 10.0. The van der Waals surface area contributed by atoms with E-state index in [1.807, 2.05) is 19.2 Å². The van der Waals surface area contributed by atoms with Gasteiger partial charge >= 0.3 is 6.03 Å². The van der Waals surface area contributed by atoms with Crippen LogP contribution in [0, 0.1) is 24.5 Å². The third-order valence-electron chi connectivity index (χ3n) is 6.68. The Morgan fingerprint density at radius 3 is 2.39 bits per heavy atom. The number of hydrogen-bond acceptors (Lipinski definition) is 6. The van der Waals surface area contributed by atoms with Crippen LogP contribution in [0.15, 0.2) is 36.5 Å². The minimum atomic E-state index is -1.49. The number of carbonyl (C=O) groups is 1. The fourth-order valence-electron chi connectivity index (χ4n) is 4.43. The first-order valence-electron chi connectivity index (χ1n) is 12.1. The number of rotatable bonds is 5. The molecule has 0 bridgehead atoms. The number of likely N-dealkylation sites (N-methyl/N-ethyl adjacent to an activating group) is 1. The van der Waals surface area contributed by atoms with Gasteiger partial charge in [-0.3, -0.25) is 14.9 Å². The van der Waals surface area contributed by atoms with Crippen LogP contribution in [-0.2, 0) is 13.6 Å². The molecule has 1 fully saturated rings. The zero-order chi connectivity index (χ0) is 27.0. The number of aromatic nitrogens is 4. The maximum Gasteiger partial charge on any atom is 0.324 e. The first-order chi connectivity index (χ1) is 18.2. The number of hydrogen-bond donors (Lipinski definition) is 2. The maximum absolute atomic E-state index is 14.2. The fourth-order valence-corrected chi connectivity index (χ4v) is 4.43. The second kappa shape index (κ2) is 10.4. The number of piperazine rings is 1. The normalized spacial score (nSPS) is 14.7. The number of anilines is 2. The van der Waals surface area contributed by atoms with Gasteiger partial charge in [0.2, 0.25) is 0 Å². The van der Waals surface area contributed by atoms with Crippen LogP contribution in [-0.4, -0.2) is 68.8 Å². The molecule has 0 atom stereocenters. The lowest BCUT2D eigenvalue weighted by Gasteiger charge is -2.32. The Labute approximate surface area is 217 Å². The molecule has 5 rings (SSSR count). The third kappa shape index (κ3) is 5.18. The highest BCUT2D eigenvalue weighted by molar-refractivity contribution is 5.99. The van der Waals surface area contributed by atoms with Crippen molar-refractivity contribution in [2.75, 3.05) is 43.9 Å². The summed E-state index contributed by atoms with van der Waals surface area (Å²) in [6.07, 6.45) is 1.78. The van der Waals surface area contributed by atoms with Crippen LogP contribution in [0.1, 0.15) is 11.3 Å². The lowest BCUT2D eigenvalue weighted by molar-refractivity contribution is 0.147. The average Bonchev–Trinajstić information content (AvgIpc) is 3.28. The van der Waals surface area contributed by atoms with Crippen molar-refractivity contribution in [3.63, 3.8) is 0 Å². The largest absolute Gasteiger partial charge is 0.324 e. The molecule has 3 aromatic heterocycles. The third-order valence-corrected chi connectivity index (χ3v) is 6.68. The Morgan fingerprint density at radius 1 is 0.974 bits per heavy atom. The van der Waals surface area contributed by atoms with Gasteiger partial charge in [-0.15, -0.1) is 0 Å². The van der Waals surface area contributed by atoms with Crippen molar-refractivity contribution in [2.24, 2.45) is 7.05 Å². The molecule has 1 aromatic carbocycles. The van der Waals surface area contributed by atoms with Gasteiger partial charge in [-0.2, -0.15) is 14.5 Å². The van der Waals surface area contributed by atoms with Crippen LogP contribution in [0.3, 0.4) is 0 Å². The molecule has 12 heteroatoms. The summed E-state index contributed by atoms with van der Waals surface area (Å²) in [6, 6.07) is 8.30. The van der Waals surface area contributed by atoms with E-state index >= 15 is 0 Å². The van der Waals surface area contributed by atoms with Gasteiger partial charge in [0.25, 0.3) is 5.95 Å². The number of carbonyl (C=O) groups excluding carboxylic acids is 1. The van der Waals surface area contributed by atoms with Crippen LogP contribution < -0.4 is 10.6 Å². The molecule has 0 aliphatic carbocycles. The van der Waals surface area contributed by atoms with Crippen LogP contribution in [0.25, 0.3) is 22.2 Å². The number of aryl methyl sites for hydroxylation is 1. The van der Waals surface area contributed by atoms with Gasteiger partial charge in [0.1, 0.15) is 0 Å². The molecule has 0 unspecified atom stereocenters. The summed E-state index contributed by atoms with van der Waals surface area (Å²) in [5.41, 5.74) is 3.44. The smallest absolute Gasteiger partial charge is 0.308 e. The summed E-state index contributed by atoms with van der Waals surface area (Å²) < 4.78 is 43.0. The number of nitrogens with zero attached hydrogens (tertiary/aromatic N) is 6. The van der Waals surface area contributed by atoms with Crippen molar-refractivity contribution >= 4 is 28.6 Å². The molecule has 2 N–H and O–H groups in total. The first-order valence-corrected chi connectivity index (χ1v) is 12.1. The van der Waals surface area contributed by atoms with E-state index in [4.69, 9.17) is 4.98 Å². The molecule has 4 heterocycles. The van der Waals surface area contributed by atoms with E-state index in [0.29, 0.717) is 5.69 Å². The number of fused-ring (bicyclic) bond motifs is 1. The molecule has 198 valence electrons. The van der Waals surface area contributed by atoms with Crippen molar-refractivity contribution < 1.29 is 18.0 Å². The van der Waals surface area contributed by atoms with Gasteiger partial charge in [-0.05, 0) is 43.3 Å². The summed E-state index contributed by atoms with van der Waals surface area (Å²) in [5.74, 6) is -4.72. The Hall–Kier alpha value is -4.03. The second-order valence-corrected chi connectivity index (χ2v) is 9.41. The quantitative estimate of drug-likeness (QED) is 0.382. The standard InChI is InChI=1S/C26H27F3N8O/c1-15-21(27)23(29)33-24(22(15)28)34-26(38)32-17-6-4-16(5-7-17)19-12-18(14-37-10-8-35(2)9-11-37)31-25-20(19)13-30-36(25)3/h4-7,12-13H,8-11,14H2,1-3H3,(H2,32,33,34,38). The van der Waals surface area contributed by atoms with E-state index < -0.39 is 35.0 Å². The monoisotopic (exact) mass is 524 g/mol. The van der Waals surface area contributed by atoms with Crippen molar-refractivity contribution in [1.29, 1.82) is 0 Å². The summed E-state index contributed by atoms with van der Waals surface area (Å²) in [7, 11) is 3.98. The molecule has 38 heavy (non-hydrogen) atoms. The Kier molecular flexibility index (Phi) is 7.00. The second-order valence-electron chi connectivity index (χ2n) is 9.41. The summed E-state index contributed by atoms with van der Waals surface area (Å²) >= 11 is 0. The van der Waals surface area contributed by atoms with Crippen molar-refractivity contribution in [2.45, 2.75) is 13.5 Å². The highest BCUT2D eigenvalue weighted by Crippen LogP contribution is 2.30. The zero-order valence-electron chi connectivity index (χ0n) is 21.2. The van der Waals surface area contributed by atoms with Gasteiger partial charge in [0.05, 0.1) is 11.9 Å². The molecular weight excluding hydrogens is 497 g/mol. The minimum absolute atomic E-state index is 0.417. The number of nitrogens with one attached hydrogen (secondary N) is 2. The molecular formula is C26H27F3N8O. The van der Waals surface area contributed by atoms with Gasteiger partial charge in [0.15, 0.2) is 23.1 Å². The number of pyridine rings is 2. The van der Waals surface area contributed by atoms with Gasteiger partial charge in [0, 0.05) is 56.4 Å². The Bertz CT molecular complexity index is 1500. The number of halogens is 3. The van der Waals surface area contributed by atoms with E-state index in [1.54, 1.807) is 23.0 Å². The number of benzene rings is 1. The van der Waals surface area contributed by atoms with Crippen LogP contribution in [0.5, 0.6) is 0 Å². The van der Waals surface area contributed by atoms with Gasteiger partial charge in [-0.25, -0.2) is 18.6 Å². The minimum Gasteiger partial charge on any atom is -0.308 e. The Morgan fingerprint density at radius 2 is 1.68 bits per heavy atom. The molecule has 0 spiro atoms. The molecule has 1 aliphatic rings. The summed E-state index contributed by atoms with van der Waals surface area (Å²) in [6.45, 7) is 5.77. The highest BCUT2D eigenvalue weighted by atomic mass is 19.2. The summed E-state index contributed by atoms with van der Waals surface area (Å²) in [5, 5.41) is 9.96. The van der Waals surface area contributed by atoms with E-state index in [-0.39, 0.29) is 0 Å². The van der Waals surface area contributed by atoms with Gasteiger partial charge < -0.3 is 10.2 Å². The van der Waals surface area contributed by atoms with Crippen LogP contribution in [0.4, 0.5) is 29.5 Å². The van der Waals surface area contributed by atoms with Gasteiger partial charge in [-0.1, -0.05) is 12.1 Å². The molecule has 4 aromatic rings. The van der Waals surface area contributed by atoms with Crippen LogP contribution >= 0.6 is 0 Å². The first kappa shape index (κ1) is 25.6. The van der Waals surface area contributed by atoms with E-state index in [2.05, 4.69) is 43.6 Å². The predicted molar refractivity (Wildman–Crippen MR) is 138 cm³/mol. The molecule has 0 radical (unpaired) electrons. The molecule has 0 saturated carbocycles. The maximum atomic E-state index is 14.2. The van der Waals surface area contributed by atoms with E-state index in [0.717, 1.165) is 67.5 Å². The molecule has 1 saturated heterocycles. The number of amides is 2. The predicted octanol–water partition coefficient (Wildman–Crippen LogP) is 4.15. The summed E-state index contributed by atoms with van der Waals surface area (Å²) in [4.78, 5) is 25.0. The van der Waals surface area contributed by atoms with Crippen molar-refractivity contribution in [3.8, 4) is 11.1 Å². The number of urea groups is 1. The lowest BCUT2D eigenvalue weighted by Crippen LogP contribution is -2.44.